The Morgan fingerprint density at radius 3 is 2.66 bits per heavy atom. The molecular formula is C27H26N4O3S. The van der Waals surface area contributed by atoms with Crippen LogP contribution in [0.25, 0.3) is 10.9 Å². The largest absolute Gasteiger partial charge is 0.457 e. The maximum Gasteiger partial charge on any atom is 0.350 e. The van der Waals surface area contributed by atoms with Crippen molar-refractivity contribution in [3.8, 4) is 0 Å². The maximum absolute atomic E-state index is 13.6. The van der Waals surface area contributed by atoms with E-state index in [1.54, 1.807) is 6.92 Å². The number of hydrogen-bond acceptors (Lipinski definition) is 7. The highest BCUT2D eigenvalue weighted by Crippen LogP contribution is 2.30. The zero-order valence-corrected chi connectivity index (χ0v) is 20.5. The average molecular weight is 487 g/mol. The Labute approximate surface area is 207 Å². The van der Waals surface area contributed by atoms with Gasteiger partial charge in [-0.2, -0.15) is 0 Å². The second-order valence-corrected chi connectivity index (χ2v) is 9.50. The van der Waals surface area contributed by atoms with Crippen LogP contribution in [0.2, 0.25) is 0 Å². The standard InChI is InChI=1S/C27H26N4O3S/c1-3-31-14-13-22-20(15-31)23(19-11-7-8-12-21(19)29-22)25(32)30-27-28-17(2)24(35-27)26(33)34-16-18-9-5-4-6-10-18/h4-12H,3,13-16H2,1-2H3,(H,28,30,32). The summed E-state index contributed by atoms with van der Waals surface area (Å²) in [7, 11) is 0. The number of fused-ring (bicyclic) bond motifs is 2. The van der Waals surface area contributed by atoms with Crippen LogP contribution in [-0.4, -0.2) is 39.8 Å². The van der Waals surface area contributed by atoms with Crippen LogP contribution in [0.3, 0.4) is 0 Å². The van der Waals surface area contributed by atoms with Gasteiger partial charge in [-0.3, -0.25) is 20.0 Å². The lowest BCUT2D eigenvalue weighted by Crippen LogP contribution is -2.33. The molecule has 8 heteroatoms. The Balaban J connectivity index is 1.40. The smallest absolute Gasteiger partial charge is 0.350 e. The van der Waals surface area contributed by atoms with Crippen LogP contribution in [0.5, 0.6) is 0 Å². The molecule has 0 saturated carbocycles. The van der Waals surface area contributed by atoms with E-state index in [0.717, 1.165) is 58.6 Å². The number of carbonyl (C=O) groups is 2. The van der Waals surface area contributed by atoms with Crippen molar-refractivity contribution in [2.45, 2.75) is 33.4 Å². The molecule has 1 N–H and O–H groups in total. The highest BCUT2D eigenvalue weighted by atomic mass is 32.1. The number of nitrogens with one attached hydrogen (secondary N) is 1. The molecule has 1 aliphatic heterocycles. The fraction of sp³-hybridized carbons (Fsp3) is 0.259. The summed E-state index contributed by atoms with van der Waals surface area (Å²) in [6, 6.07) is 17.2. The fourth-order valence-electron chi connectivity index (χ4n) is 4.36. The van der Waals surface area contributed by atoms with E-state index in [2.05, 4.69) is 22.1 Å². The van der Waals surface area contributed by atoms with Crippen LogP contribution in [0.4, 0.5) is 5.13 Å². The molecule has 0 radical (unpaired) electrons. The molecule has 1 aliphatic rings. The van der Waals surface area contributed by atoms with E-state index in [0.29, 0.717) is 27.8 Å². The molecule has 35 heavy (non-hydrogen) atoms. The Hall–Kier alpha value is -3.62. The SMILES string of the molecule is CCN1CCc2nc3ccccc3c(C(=O)Nc3nc(C)c(C(=O)OCc4ccccc4)s3)c2C1. The molecule has 178 valence electrons. The third kappa shape index (κ3) is 4.80. The lowest BCUT2D eigenvalue weighted by molar-refractivity contribution is 0.0477. The number of likely N-dealkylation sites (N-methyl/N-ethyl adjacent to an activating group) is 1. The Morgan fingerprint density at radius 2 is 1.86 bits per heavy atom. The first-order valence-electron chi connectivity index (χ1n) is 11.7. The minimum absolute atomic E-state index is 0.182. The van der Waals surface area contributed by atoms with Gasteiger partial charge >= 0.3 is 5.97 Å². The molecule has 0 unspecified atom stereocenters. The number of para-hydroxylation sites is 1. The van der Waals surface area contributed by atoms with E-state index in [1.165, 1.54) is 0 Å². The zero-order valence-electron chi connectivity index (χ0n) is 19.7. The number of rotatable bonds is 6. The van der Waals surface area contributed by atoms with Gasteiger partial charge in [0.25, 0.3) is 5.91 Å². The van der Waals surface area contributed by atoms with Crippen molar-refractivity contribution in [2.75, 3.05) is 18.4 Å². The summed E-state index contributed by atoms with van der Waals surface area (Å²) < 4.78 is 5.46. The summed E-state index contributed by atoms with van der Waals surface area (Å²) in [6.45, 7) is 6.57. The average Bonchev–Trinajstić information content (AvgIpc) is 3.25. The first kappa shape index (κ1) is 23.1. The lowest BCUT2D eigenvalue weighted by atomic mass is 9.95. The number of aryl methyl sites for hydroxylation is 1. The predicted octanol–water partition coefficient (Wildman–Crippen LogP) is 4.99. The van der Waals surface area contributed by atoms with Gasteiger partial charge in [0.05, 0.1) is 16.8 Å². The van der Waals surface area contributed by atoms with Crippen molar-refractivity contribution in [1.29, 1.82) is 0 Å². The van der Waals surface area contributed by atoms with Crippen LogP contribution in [0.15, 0.2) is 54.6 Å². The first-order valence-corrected chi connectivity index (χ1v) is 12.5. The molecular weight excluding hydrogens is 460 g/mol. The number of benzene rings is 2. The van der Waals surface area contributed by atoms with Crippen molar-refractivity contribution in [3.05, 3.63) is 87.6 Å². The van der Waals surface area contributed by atoms with Gasteiger partial charge in [-0.05, 0) is 25.1 Å². The summed E-state index contributed by atoms with van der Waals surface area (Å²) in [6.07, 6.45) is 0.808. The molecule has 4 aromatic rings. The number of pyridine rings is 1. The third-order valence-electron chi connectivity index (χ3n) is 6.21. The van der Waals surface area contributed by atoms with E-state index >= 15 is 0 Å². The van der Waals surface area contributed by atoms with Gasteiger partial charge in [0.2, 0.25) is 0 Å². The normalized spacial score (nSPS) is 13.4. The number of aromatic nitrogens is 2. The molecule has 0 saturated heterocycles. The van der Waals surface area contributed by atoms with Gasteiger partial charge in [0, 0.05) is 36.2 Å². The fourth-order valence-corrected chi connectivity index (χ4v) is 5.22. The van der Waals surface area contributed by atoms with Gasteiger partial charge in [-0.1, -0.05) is 66.8 Å². The topological polar surface area (TPSA) is 84.4 Å². The third-order valence-corrected chi connectivity index (χ3v) is 7.27. The van der Waals surface area contributed by atoms with E-state index < -0.39 is 5.97 Å². The van der Waals surface area contributed by atoms with Crippen LogP contribution in [-0.2, 0) is 24.3 Å². The Morgan fingerprint density at radius 1 is 1.09 bits per heavy atom. The lowest BCUT2D eigenvalue weighted by Gasteiger charge is -2.29. The quantitative estimate of drug-likeness (QED) is 0.387. The van der Waals surface area contributed by atoms with Crippen LogP contribution in [0, 0.1) is 6.92 Å². The van der Waals surface area contributed by atoms with Crippen molar-refractivity contribution in [2.24, 2.45) is 0 Å². The van der Waals surface area contributed by atoms with Gasteiger partial charge in [0.1, 0.15) is 11.5 Å². The van der Waals surface area contributed by atoms with E-state index in [9.17, 15) is 9.59 Å². The molecule has 0 atom stereocenters. The van der Waals surface area contributed by atoms with Gasteiger partial charge < -0.3 is 4.74 Å². The number of thiazole rings is 1. The zero-order chi connectivity index (χ0) is 24.4. The molecule has 1 amide bonds. The monoisotopic (exact) mass is 486 g/mol. The molecule has 0 aliphatic carbocycles. The summed E-state index contributed by atoms with van der Waals surface area (Å²) in [5, 5.41) is 4.13. The van der Waals surface area contributed by atoms with Gasteiger partial charge in [0.15, 0.2) is 5.13 Å². The molecule has 2 aromatic carbocycles. The molecule has 7 nitrogen and oxygen atoms in total. The second-order valence-electron chi connectivity index (χ2n) is 8.50. The van der Waals surface area contributed by atoms with E-state index in [4.69, 9.17) is 9.72 Å². The number of hydrogen-bond donors (Lipinski definition) is 1. The van der Waals surface area contributed by atoms with E-state index in [-0.39, 0.29) is 12.5 Å². The molecule has 0 bridgehead atoms. The minimum Gasteiger partial charge on any atom is -0.457 e. The van der Waals surface area contributed by atoms with Crippen LogP contribution in [0.1, 0.15) is 49.5 Å². The Bertz CT molecular complexity index is 1400. The molecule has 0 spiro atoms. The maximum atomic E-state index is 13.6. The molecule has 5 rings (SSSR count). The summed E-state index contributed by atoms with van der Waals surface area (Å²) in [5.74, 6) is -0.689. The highest BCUT2D eigenvalue weighted by molar-refractivity contribution is 7.17. The first-order chi connectivity index (χ1) is 17.0. The molecule has 0 fully saturated rings. The van der Waals surface area contributed by atoms with Gasteiger partial charge in [-0.25, -0.2) is 9.78 Å². The predicted molar refractivity (Wildman–Crippen MR) is 137 cm³/mol. The van der Waals surface area contributed by atoms with Crippen molar-refractivity contribution in [3.63, 3.8) is 0 Å². The number of esters is 1. The van der Waals surface area contributed by atoms with Crippen molar-refractivity contribution >= 4 is 39.2 Å². The molecule has 3 heterocycles. The van der Waals surface area contributed by atoms with Crippen LogP contribution >= 0.6 is 11.3 Å². The number of amides is 1. The van der Waals surface area contributed by atoms with Crippen LogP contribution < -0.4 is 5.32 Å². The number of carbonyl (C=O) groups excluding carboxylic acids is 2. The Kier molecular flexibility index (Phi) is 6.57. The minimum atomic E-state index is -0.449. The highest BCUT2D eigenvalue weighted by Gasteiger charge is 2.26. The molecule has 2 aromatic heterocycles. The summed E-state index contributed by atoms with van der Waals surface area (Å²) in [5.41, 5.74) is 4.81. The van der Waals surface area contributed by atoms with Crippen molar-refractivity contribution < 1.29 is 14.3 Å². The summed E-state index contributed by atoms with van der Waals surface area (Å²) >= 11 is 1.13. The summed E-state index contributed by atoms with van der Waals surface area (Å²) in [4.78, 5) is 38.2. The van der Waals surface area contributed by atoms with Gasteiger partial charge in [-0.15, -0.1) is 0 Å². The number of ether oxygens (including phenoxy) is 1. The second kappa shape index (κ2) is 9.93. The number of nitrogens with zero attached hydrogens (tertiary/aromatic N) is 3. The van der Waals surface area contributed by atoms with E-state index in [1.807, 2.05) is 54.6 Å². The van der Waals surface area contributed by atoms with Crippen molar-refractivity contribution in [1.82, 2.24) is 14.9 Å². The number of anilines is 1.